The van der Waals surface area contributed by atoms with E-state index in [1.54, 1.807) is 0 Å². The van der Waals surface area contributed by atoms with Gasteiger partial charge in [-0.05, 0) is 19.1 Å². The molecule has 4 heteroatoms. The van der Waals surface area contributed by atoms with Crippen LogP contribution in [0.4, 0.5) is 0 Å². The van der Waals surface area contributed by atoms with Gasteiger partial charge in [0.05, 0.1) is 19.3 Å². The van der Waals surface area contributed by atoms with Crippen LogP contribution in [0.25, 0.3) is 0 Å². The molecule has 0 aliphatic heterocycles. The van der Waals surface area contributed by atoms with E-state index in [4.69, 9.17) is 10.2 Å². The quantitative estimate of drug-likeness (QED) is 0.634. The first kappa shape index (κ1) is 12.3. The fourth-order valence-corrected chi connectivity index (χ4v) is 2.98. The minimum absolute atomic E-state index is 0.0219. The van der Waals surface area contributed by atoms with E-state index >= 15 is 0 Å². The molecule has 2 atom stereocenters. The van der Waals surface area contributed by atoms with Gasteiger partial charge in [-0.3, -0.25) is 0 Å². The van der Waals surface area contributed by atoms with Crippen molar-refractivity contribution in [1.29, 1.82) is 0 Å². The molecule has 0 bridgehead atoms. The molecule has 3 nitrogen and oxygen atoms in total. The van der Waals surface area contributed by atoms with Crippen molar-refractivity contribution in [2.24, 2.45) is 0 Å². The first-order valence-corrected chi connectivity index (χ1v) is 6.61. The summed E-state index contributed by atoms with van der Waals surface area (Å²) >= 11 is 1.89. The molecule has 0 spiro atoms. The second kappa shape index (κ2) is 6.67. The van der Waals surface area contributed by atoms with Gasteiger partial charge in [0.25, 0.3) is 0 Å². The van der Waals surface area contributed by atoms with Gasteiger partial charge < -0.3 is 15.5 Å². The largest absolute Gasteiger partial charge is 0.395 e. The Morgan fingerprint density at radius 2 is 1.93 bits per heavy atom. The van der Waals surface area contributed by atoms with E-state index in [-0.39, 0.29) is 19.3 Å². The number of thioether (sulfide) groups is 1. The van der Waals surface area contributed by atoms with Crippen molar-refractivity contribution in [3.05, 3.63) is 0 Å². The van der Waals surface area contributed by atoms with Crippen LogP contribution in [0.5, 0.6) is 0 Å². The van der Waals surface area contributed by atoms with Gasteiger partial charge in [0, 0.05) is 11.3 Å². The molecule has 0 aromatic heterocycles. The summed E-state index contributed by atoms with van der Waals surface area (Å²) in [4.78, 5) is 0. The summed E-state index contributed by atoms with van der Waals surface area (Å²) in [5, 5.41) is 22.0. The van der Waals surface area contributed by atoms with E-state index in [1.807, 2.05) is 11.8 Å². The molecule has 1 saturated carbocycles. The minimum atomic E-state index is -0.146. The molecule has 84 valence electrons. The lowest BCUT2D eigenvalue weighted by atomic mass is 9.94. The van der Waals surface area contributed by atoms with Crippen LogP contribution in [0.3, 0.4) is 0 Å². The molecule has 0 aromatic carbocycles. The summed E-state index contributed by atoms with van der Waals surface area (Å²) in [5.74, 6) is 0. The van der Waals surface area contributed by atoms with Crippen LogP contribution in [-0.4, -0.2) is 47.0 Å². The number of aliphatic hydroxyl groups excluding tert-OH is 2. The molecule has 1 rings (SSSR count). The highest BCUT2D eigenvalue weighted by atomic mass is 32.2. The molecule has 1 aliphatic rings. The molecular weight excluding hydrogens is 198 g/mol. The topological polar surface area (TPSA) is 52.5 Å². The van der Waals surface area contributed by atoms with Gasteiger partial charge in [-0.1, -0.05) is 12.8 Å². The van der Waals surface area contributed by atoms with Crippen molar-refractivity contribution in [3.8, 4) is 0 Å². The van der Waals surface area contributed by atoms with Gasteiger partial charge >= 0.3 is 0 Å². The molecular formula is C10H21NO2S. The fraction of sp³-hybridized carbons (Fsp3) is 1.00. The zero-order chi connectivity index (χ0) is 10.4. The SMILES string of the molecule is CSC1CCCCC1NC(CO)CO. The molecule has 1 aliphatic carbocycles. The van der Waals surface area contributed by atoms with E-state index in [0.29, 0.717) is 11.3 Å². The average Bonchev–Trinajstić information content (AvgIpc) is 2.26. The van der Waals surface area contributed by atoms with Crippen molar-refractivity contribution >= 4 is 11.8 Å². The second-order valence-corrected chi connectivity index (χ2v) is 4.97. The standard InChI is InChI=1S/C10H21NO2S/c1-14-10-5-3-2-4-9(10)11-8(6-12)7-13/h8-13H,2-7H2,1H3. The smallest absolute Gasteiger partial charge is 0.0607 e. The Kier molecular flexibility index (Phi) is 5.86. The second-order valence-electron chi connectivity index (χ2n) is 3.89. The molecule has 14 heavy (non-hydrogen) atoms. The Labute approximate surface area is 90.3 Å². The highest BCUT2D eigenvalue weighted by Gasteiger charge is 2.25. The number of nitrogens with one attached hydrogen (secondary N) is 1. The van der Waals surface area contributed by atoms with Crippen LogP contribution in [0.1, 0.15) is 25.7 Å². The maximum atomic E-state index is 8.99. The van der Waals surface area contributed by atoms with Crippen LogP contribution < -0.4 is 5.32 Å². The van der Waals surface area contributed by atoms with Gasteiger partial charge in [-0.15, -0.1) is 0 Å². The highest BCUT2D eigenvalue weighted by molar-refractivity contribution is 7.99. The summed E-state index contributed by atoms with van der Waals surface area (Å²) in [6.45, 7) is 0.0439. The van der Waals surface area contributed by atoms with Gasteiger partial charge in [0.1, 0.15) is 0 Å². The summed E-state index contributed by atoms with van der Waals surface area (Å²) in [5.41, 5.74) is 0. The Hall–Kier alpha value is 0.230. The maximum absolute atomic E-state index is 8.99. The van der Waals surface area contributed by atoms with Crippen molar-refractivity contribution in [2.45, 2.75) is 43.0 Å². The van der Waals surface area contributed by atoms with Gasteiger partial charge in [0.2, 0.25) is 0 Å². The third kappa shape index (κ3) is 3.42. The zero-order valence-electron chi connectivity index (χ0n) is 8.78. The predicted molar refractivity (Wildman–Crippen MR) is 60.7 cm³/mol. The zero-order valence-corrected chi connectivity index (χ0v) is 9.59. The lowest BCUT2D eigenvalue weighted by molar-refractivity contribution is 0.156. The van der Waals surface area contributed by atoms with E-state index in [2.05, 4.69) is 11.6 Å². The minimum Gasteiger partial charge on any atom is -0.395 e. The van der Waals surface area contributed by atoms with E-state index in [9.17, 15) is 0 Å². The number of aliphatic hydroxyl groups is 2. The van der Waals surface area contributed by atoms with Crippen LogP contribution in [0, 0.1) is 0 Å². The van der Waals surface area contributed by atoms with Gasteiger partial charge in [-0.2, -0.15) is 11.8 Å². The van der Waals surface area contributed by atoms with Gasteiger partial charge in [-0.25, -0.2) is 0 Å². The lowest BCUT2D eigenvalue weighted by Gasteiger charge is -2.33. The van der Waals surface area contributed by atoms with Crippen molar-refractivity contribution in [2.75, 3.05) is 19.5 Å². The molecule has 0 saturated heterocycles. The van der Waals surface area contributed by atoms with Crippen molar-refractivity contribution in [1.82, 2.24) is 5.32 Å². The van der Waals surface area contributed by atoms with E-state index in [0.717, 1.165) is 0 Å². The summed E-state index contributed by atoms with van der Waals surface area (Å²) in [6, 6.07) is 0.316. The van der Waals surface area contributed by atoms with E-state index in [1.165, 1.54) is 25.7 Å². The van der Waals surface area contributed by atoms with Crippen molar-refractivity contribution < 1.29 is 10.2 Å². The van der Waals surface area contributed by atoms with Crippen LogP contribution in [0.2, 0.25) is 0 Å². The summed E-state index contributed by atoms with van der Waals surface area (Å²) in [6.07, 6.45) is 7.13. The third-order valence-corrected chi connectivity index (χ3v) is 4.07. The molecule has 0 radical (unpaired) electrons. The Bertz CT molecular complexity index is 153. The Morgan fingerprint density at radius 3 is 2.50 bits per heavy atom. The number of hydrogen-bond donors (Lipinski definition) is 3. The molecule has 0 aromatic rings. The molecule has 0 amide bonds. The van der Waals surface area contributed by atoms with Crippen molar-refractivity contribution in [3.63, 3.8) is 0 Å². The van der Waals surface area contributed by atoms with E-state index < -0.39 is 0 Å². The first-order chi connectivity index (χ1) is 6.81. The molecule has 1 fully saturated rings. The summed E-state index contributed by atoms with van der Waals surface area (Å²) in [7, 11) is 0. The highest BCUT2D eigenvalue weighted by Crippen LogP contribution is 2.27. The predicted octanol–water partition coefficient (Wildman–Crippen LogP) is 0.603. The monoisotopic (exact) mass is 219 g/mol. The first-order valence-electron chi connectivity index (χ1n) is 5.32. The Morgan fingerprint density at radius 1 is 1.29 bits per heavy atom. The fourth-order valence-electron chi connectivity index (χ4n) is 2.04. The van der Waals surface area contributed by atoms with Crippen LogP contribution >= 0.6 is 11.8 Å². The normalized spacial score (nSPS) is 28.3. The molecule has 3 N–H and O–H groups in total. The Balaban J connectivity index is 2.39. The average molecular weight is 219 g/mol. The number of hydrogen-bond acceptors (Lipinski definition) is 4. The number of rotatable bonds is 5. The van der Waals surface area contributed by atoms with Crippen LogP contribution in [0.15, 0.2) is 0 Å². The molecule has 2 unspecified atom stereocenters. The summed E-state index contributed by atoms with van der Waals surface area (Å²) < 4.78 is 0. The molecule has 0 heterocycles. The maximum Gasteiger partial charge on any atom is 0.0607 e. The van der Waals surface area contributed by atoms with Crippen LogP contribution in [-0.2, 0) is 0 Å². The third-order valence-electron chi connectivity index (χ3n) is 2.90. The van der Waals surface area contributed by atoms with Gasteiger partial charge in [0.15, 0.2) is 0 Å². The lowest BCUT2D eigenvalue weighted by Crippen LogP contribution is -2.48.